The second-order valence-corrected chi connectivity index (χ2v) is 8.56. The Morgan fingerprint density at radius 3 is 2.41 bits per heavy atom. The minimum Gasteiger partial charge on any atom is -0.508 e. The molecule has 0 radical (unpaired) electrons. The molecule has 0 aliphatic heterocycles. The van der Waals surface area contributed by atoms with Crippen molar-refractivity contribution in [1.82, 2.24) is 16.0 Å². The Morgan fingerprint density at radius 2 is 1.79 bits per heavy atom. The van der Waals surface area contributed by atoms with E-state index in [0.717, 1.165) is 43.7 Å². The van der Waals surface area contributed by atoms with Gasteiger partial charge in [-0.15, -0.1) is 0 Å². The highest BCUT2D eigenvalue weighted by atomic mass is 16.4. The van der Waals surface area contributed by atoms with Gasteiger partial charge in [0.2, 0.25) is 11.8 Å². The lowest BCUT2D eigenvalue weighted by atomic mass is 9.88. The van der Waals surface area contributed by atoms with E-state index in [1.165, 1.54) is 18.2 Å². The number of aromatic hydroxyl groups is 1. The summed E-state index contributed by atoms with van der Waals surface area (Å²) >= 11 is 0. The maximum Gasteiger partial charge on any atom is 0.328 e. The number of nitrogens with one attached hydrogen (secondary N) is 4. The third-order valence-corrected chi connectivity index (χ3v) is 5.79. The molecule has 2 amide bonds. The maximum absolute atomic E-state index is 13.2. The van der Waals surface area contributed by atoms with Crippen LogP contribution in [-0.2, 0) is 20.8 Å². The van der Waals surface area contributed by atoms with Crippen LogP contribution < -0.4 is 21.7 Å². The van der Waals surface area contributed by atoms with Crippen LogP contribution in [-0.4, -0.2) is 52.6 Å². The van der Waals surface area contributed by atoms with Crippen LogP contribution in [0.2, 0.25) is 0 Å². The van der Waals surface area contributed by atoms with E-state index in [0.29, 0.717) is 19.4 Å². The molecule has 1 fully saturated rings. The summed E-state index contributed by atoms with van der Waals surface area (Å²) in [5.41, 5.74) is 6.04. The summed E-state index contributed by atoms with van der Waals surface area (Å²) in [6, 6.07) is 5.00. The molecule has 8 N–H and O–H groups in total. The van der Waals surface area contributed by atoms with Gasteiger partial charge in [0.25, 0.3) is 0 Å². The number of guanidine groups is 1. The Bertz CT molecular complexity index is 865. The van der Waals surface area contributed by atoms with Crippen LogP contribution in [0.25, 0.3) is 0 Å². The molecule has 0 heterocycles. The zero-order valence-corrected chi connectivity index (χ0v) is 19.3. The number of phenols is 1. The summed E-state index contributed by atoms with van der Waals surface area (Å²) in [5.74, 6) is -1.88. The Kier molecular flexibility index (Phi) is 10.9. The maximum atomic E-state index is 13.2. The summed E-state index contributed by atoms with van der Waals surface area (Å²) in [7, 11) is 0. The number of hydrogen-bond donors (Lipinski definition) is 7. The number of aliphatic carboxylic acids is 1. The van der Waals surface area contributed by atoms with Gasteiger partial charge in [0.05, 0.1) is 0 Å². The summed E-state index contributed by atoms with van der Waals surface area (Å²) in [5, 5.41) is 34.1. The number of nitrogens with two attached hydrogens (primary N) is 1. The number of rotatable bonds is 12. The highest BCUT2D eigenvalue weighted by molar-refractivity contribution is 5.89. The van der Waals surface area contributed by atoms with E-state index >= 15 is 0 Å². The fraction of sp³-hybridized carbons (Fsp3) is 0.500. The summed E-state index contributed by atoms with van der Waals surface area (Å²) < 4.78 is 0. The lowest BCUT2D eigenvalue weighted by molar-refractivity contribution is -0.132. The third kappa shape index (κ3) is 9.93. The molecule has 0 bridgehead atoms. The average molecular weight is 474 g/mol. The molecule has 0 aromatic heterocycles. The van der Waals surface area contributed by atoms with Gasteiger partial charge in [-0.1, -0.05) is 37.5 Å². The van der Waals surface area contributed by atoms with Gasteiger partial charge >= 0.3 is 5.97 Å². The molecule has 1 aromatic rings. The van der Waals surface area contributed by atoms with Crippen molar-refractivity contribution in [1.29, 1.82) is 5.41 Å². The molecule has 2 atom stereocenters. The molecule has 1 saturated carbocycles. The monoisotopic (exact) mass is 473 g/mol. The zero-order valence-electron chi connectivity index (χ0n) is 19.3. The van der Waals surface area contributed by atoms with Gasteiger partial charge in [-0.25, -0.2) is 4.79 Å². The first kappa shape index (κ1) is 26.7. The molecule has 0 spiro atoms. The molecule has 0 saturated heterocycles. The predicted molar refractivity (Wildman–Crippen MR) is 128 cm³/mol. The van der Waals surface area contributed by atoms with Gasteiger partial charge in [-0.2, -0.15) is 0 Å². The van der Waals surface area contributed by atoms with Gasteiger partial charge < -0.3 is 31.9 Å². The quantitative estimate of drug-likeness (QED) is 0.104. The van der Waals surface area contributed by atoms with E-state index in [1.54, 1.807) is 12.1 Å². The number of phenolic OH excluding ortho intramolecular Hbond substituents is 1. The summed E-state index contributed by atoms with van der Waals surface area (Å²) in [4.78, 5) is 37.1. The Morgan fingerprint density at radius 1 is 1.12 bits per heavy atom. The largest absolute Gasteiger partial charge is 0.508 e. The fourth-order valence-corrected chi connectivity index (χ4v) is 3.97. The average Bonchev–Trinajstić information content (AvgIpc) is 2.81. The smallest absolute Gasteiger partial charge is 0.328 e. The van der Waals surface area contributed by atoms with Crippen LogP contribution in [0.15, 0.2) is 36.4 Å². The number of carbonyl (C=O) groups excluding carboxylic acids is 2. The van der Waals surface area contributed by atoms with Crippen molar-refractivity contribution >= 4 is 23.7 Å². The first-order valence-corrected chi connectivity index (χ1v) is 11.6. The van der Waals surface area contributed by atoms with Gasteiger partial charge in [0.1, 0.15) is 11.8 Å². The summed E-state index contributed by atoms with van der Waals surface area (Å²) in [6.07, 6.45) is 8.23. The molecule has 1 aromatic carbocycles. The highest BCUT2D eigenvalue weighted by Crippen LogP contribution is 2.24. The standard InChI is InChI=1S/C24H35N5O5/c25-24(26)27-14-4-7-18(10-13-21(31)32)28-23(34)20(15-16-8-11-19(30)12-9-16)29-22(33)17-5-2-1-3-6-17/h8-13,17-18,20,30H,1-7,14-15H2,(H,28,34)(H,29,33)(H,31,32)(H4,25,26,27)/b13-10+/t18-,20-/m0/s1. The molecule has 34 heavy (non-hydrogen) atoms. The topological polar surface area (TPSA) is 178 Å². The van der Waals surface area contributed by atoms with Crippen LogP contribution in [0, 0.1) is 11.3 Å². The minimum absolute atomic E-state index is 0.106. The van der Waals surface area contributed by atoms with Crippen molar-refractivity contribution in [2.75, 3.05) is 6.54 Å². The second kappa shape index (κ2) is 13.9. The van der Waals surface area contributed by atoms with Crippen molar-refractivity contribution in [3.8, 4) is 5.75 Å². The van der Waals surface area contributed by atoms with Crippen molar-refractivity contribution in [3.63, 3.8) is 0 Å². The molecule has 186 valence electrons. The first-order chi connectivity index (χ1) is 16.2. The molecule has 1 aliphatic rings. The second-order valence-electron chi connectivity index (χ2n) is 8.56. The van der Waals surface area contributed by atoms with E-state index in [1.807, 2.05) is 0 Å². The van der Waals surface area contributed by atoms with E-state index < -0.39 is 24.0 Å². The summed E-state index contributed by atoms with van der Waals surface area (Å²) in [6.45, 7) is 0.401. The van der Waals surface area contributed by atoms with Crippen LogP contribution in [0.5, 0.6) is 5.75 Å². The lowest BCUT2D eigenvalue weighted by Crippen LogP contribution is -2.52. The van der Waals surface area contributed by atoms with Gasteiger partial charge in [-0.05, 0) is 43.4 Å². The number of benzene rings is 1. The lowest BCUT2D eigenvalue weighted by Gasteiger charge is -2.26. The van der Waals surface area contributed by atoms with Crippen molar-refractivity contribution in [3.05, 3.63) is 42.0 Å². The molecule has 0 unspecified atom stereocenters. The number of carbonyl (C=O) groups is 3. The van der Waals surface area contributed by atoms with Crippen LogP contribution in [0.3, 0.4) is 0 Å². The number of carboxylic acid groups (broad SMARTS) is 1. The van der Waals surface area contributed by atoms with Crippen LogP contribution >= 0.6 is 0 Å². The number of hydrogen-bond acceptors (Lipinski definition) is 5. The molecule has 2 rings (SSSR count). The highest BCUT2D eigenvalue weighted by Gasteiger charge is 2.27. The Labute approximate surface area is 199 Å². The predicted octanol–water partition coefficient (Wildman–Crippen LogP) is 1.39. The Balaban J connectivity index is 2.11. The van der Waals surface area contributed by atoms with Crippen LogP contribution in [0.4, 0.5) is 0 Å². The molecule has 10 nitrogen and oxygen atoms in total. The molecule has 10 heteroatoms. The molecular formula is C24H35N5O5. The molecule has 1 aliphatic carbocycles. The number of carboxylic acids is 1. The van der Waals surface area contributed by atoms with E-state index in [-0.39, 0.29) is 30.0 Å². The SMILES string of the molecule is N=C(N)NCCC[C@@H](/C=C/C(=O)O)NC(=O)[C@H](Cc1ccc(O)cc1)NC(=O)C1CCCCC1. The first-order valence-electron chi connectivity index (χ1n) is 11.6. The van der Waals surface area contributed by atoms with Crippen molar-refractivity contribution in [2.24, 2.45) is 11.7 Å². The van der Waals surface area contributed by atoms with E-state index in [4.69, 9.17) is 16.2 Å². The van der Waals surface area contributed by atoms with Crippen molar-refractivity contribution < 1.29 is 24.6 Å². The minimum atomic E-state index is -1.13. The van der Waals surface area contributed by atoms with Gasteiger partial charge in [0, 0.05) is 31.0 Å². The zero-order chi connectivity index (χ0) is 24.9. The fourth-order valence-electron chi connectivity index (χ4n) is 3.97. The van der Waals surface area contributed by atoms with Gasteiger partial charge in [0.15, 0.2) is 5.96 Å². The molecular weight excluding hydrogens is 438 g/mol. The normalized spacial score (nSPS) is 15.9. The van der Waals surface area contributed by atoms with E-state index in [9.17, 15) is 19.5 Å². The number of amides is 2. The Hall–Kier alpha value is -3.56. The van der Waals surface area contributed by atoms with Crippen LogP contribution in [0.1, 0.15) is 50.5 Å². The van der Waals surface area contributed by atoms with Gasteiger partial charge in [-0.3, -0.25) is 15.0 Å². The van der Waals surface area contributed by atoms with E-state index in [2.05, 4.69) is 16.0 Å². The van der Waals surface area contributed by atoms with Crippen molar-refractivity contribution in [2.45, 2.75) is 63.5 Å². The third-order valence-electron chi connectivity index (χ3n) is 5.79.